The van der Waals surface area contributed by atoms with Gasteiger partial charge in [-0.15, -0.1) is 5.10 Å². The summed E-state index contributed by atoms with van der Waals surface area (Å²) in [5, 5.41) is 10.3. The van der Waals surface area contributed by atoms with Crippen LogP contribution in [0.3, 0.4) is 0 Å². The van der Waals surface area contributed by atoms with E-state index in [1.54, 1.807) is 17.1 Å². The van der Waals surface area contributed by atoms with Crippen molar-refractivity contribution in [3.05, 3.63) is 42.0 Å². The Morgan fingerprint density at radius 3 is 3.00 bits per heavy atom. The standard InChI is InChI=1S/C11H13N5O/c1-9-6-14-15-16(9)8-11(17)13-7-10-4-2-3-5-12-10/h2-6H,7-8H2,1H3,(H,13,17). The van der Waals surface area contributed by atoms with Crippen molar-refractivity contribution in [2.45, 2.75) is 20.0 Å². The molecule has 0 fully saturated rings. The summed E-state index contributed by atoms with van der Waals surface area (Å²) in [6.07, 6.45) is 3.31. The molecule has 0 spiro atoms. The number of aryl methyl sites for hydroxylation is 1. The number of amides is 1. The zero-order chi connectivity index (χ0) is 12.1. The second-order valence-corrected chi connectivity index (χ2v) is 3.63. The molecule has 0 atom stereocenters. The first-order chi connectivity index (χ1) is 8.25. The topological polar surface area (TPSA) is 72.7 Å². The Kier molecular flexibility index (Phi) is 3.44. The van der Waals surface area contributed by atoms with Crippen molar-refractivity contribution in [2.75, 3.05) is 0 Å². The fourth-order valence-electron chi connectivity index (χ4n) is 1.35. The van der Waals surface area contributed by atoms with Gasteiger partial charge in [0.1, 0.15) is 6.54 Å². The van der Waals surface area contributed by atoms with Crippen molar-refractivity contribution in [3.63, 3.8) is 0 Å². The van der Waals surface area contributed by atoms with Crippen LogP contribution in [0.25, 0.3) is 0 Å². The fourth-order valence-corrected chi connectivity index (χ4v) is 1.35. The first-order valence-electron chi connectivity index (χ1n) is 5.27. The smallest absolute Gasteiger partial charge is 0.242 e. The molecule has 88 valence electrons. The monoisotopic (exact) mass is 231 g/mol. The maximum Gasteiger partial charge on any atom is 0.242 e. The SMILES string of the molecule is Cc1cnnn1CC(=O)NCc1ccccn1. The Morgan fingerprint density at radius 2 is 2.35 bits per heavy atom. The van der Waals surface area contributed by atoms with Gasteiger partial charge in [0.15, 0.2) is 0 Å². The molecule has 1 amide bonds. The van der Waals surface area contributed by atoms with Crippen LogP contribution in [0.2, 0.25) is 0 Å². The maximum atomic E-state index is 11.6. The molecule has 2 heterocycles. The molecule has 0 aromatic carbocycles. The van der Waals surface area contributed by atoms with Crippen LogP contribution < -0.4 is 5.32 Å². The van der Waals surface area contributed by atoms with Gasteiger partial charge in [-0.1, -0.05) is 11.3 Å². The minimum atomic E-state index is -0.107. The van der Waals surface area contributed by atoms with Gasteiger partial charge in [-0.3, -0.25) is 9.78 Å². The van der Waals surface area contributed by atoms with Gasteiger partial charge in [-0.05, 0) is 19.1 Å². The van der Waals surface area contributed by atoms with E-state index in [1.807, 2.05) is 25.1 Å². The Morgan fingerprint density at radius 1 is 1.47 bits per heavy atom. The van der Waals surface area contributed by atoms with Crippen molar-refractivity contribution in [3.8, 4) is 0 Å². The molecular formula is C11H13N5O. The van der Waals surface area contributed by atoms with Crippen LogP contribution in [0, 0.1) is 6.92 Å². The zero-order valence-electron chi connectivity index (χ0n) is 9.50. The van der Waals surface area contributed by atoms with Gasteiger partial charge in [0.05, 0.1) is 24.1 Å². The summed E-state index contributed by atoms with van der Waals surface area (Å²) in [6.45, 7) is 2.46. The summed E-state index contributed by atoms with van der Waals surface area (Å²) in [6, 6.07) is 5.58. The quantitative estimate of drug-likeness (QED) is 0.821. The summed E-state index contributed by atoms with van der Waals surface area (Å²) in [5.41, 5.74) is 1.69. The van der Waals surface area contributed by atoms with E-state index in [0.717, 1.165) is 11.4 Å². The second-order valence-electron chi connectivity index (χ2n) is 3.63. The highest BCUT2D eigenvalue weighted by Crippen LogP contribution is 1.94. The normalized spacial score (nSPS) is 10.2. The number of rotatable bonds is 4. The van der Waals surface area contributed by atoms with E-state index in [2.05, 4.69) is 20.6 Å². The molecule has 0 aliphatic carbocycles. The average molecular weight is 231 g/mol. The van der Waals surface area contributed by atoms with Crippen LogP contribution in [-0.4, -0.2) is 25.9 Å². The summed E-state index contributed by atoms with van der Waals surface area (Å²) in [4.78, 5) is 15.7. The van der Waals surface area contributed by atoms with Crippen LogP contribution >= 0.6 is 0 Å². The van der Waals surface area contributed by atoms with E-state index >= 15 is 0 Å². The van der Waals surface area contributed by atoms with Gasteiger partial charge < -0.3 is 5.32 Å². The first kappa shape index (κ1) is 11.3. The van der Waals surface area contributed by atoms with Crippen molar-refractivity contribution in [1.82, 2.24) is 25.3 Å². The highest BCUT2D eigenvalue weighted by Gasteiger charge is 2.05. The number of aromatic nitrogens is 4. The predicted octanol–water partition coefficient (Wildman–Crippen LogP) is 0.298. The average Bonchev–Trinajstić information content (AvgIpc) is 2.74. The number of carbonyl (C=O) groups excluding carboxylic acids is 1. The molecule has 2 rings (SSSR count). The predicted molar refractivity (Wildman–Crippen MR) is 60.8 cm³/mol. The lowest BCUT2D eigenvalue weighted by Gasteiger charge is -2.05. The lowest BCUT2D eigenvalue weighted by Crippen LogP contribution is -2.28. The molecule has 6 nitrogen and oxygen atoms in total. The Bertz CT molecular complexity index is 494. The van der Waals surface area contributed by atoms with Crippen LogP contribution in [0.4, 0.5) is 0 Å². The third kappa shape index (κ3) is 3.10. The molecule has 0 bridgehead atoms. The van der Waals surface area contributed by atoms with E-state index < -0.39 is 0 Å². The molecule has 6 heteroatoms. The van der Waals surface area contributed by atoms with Gasteiger partial charge in [0.2, 0.25) is 5.91 Å². The molecule has 17 heavy (non-hydrogen) atoms. The number of carbonyl (C=O) groups is 1. The molecule has 2 aromatic heterocycles. The van der Waals surface area contributed by atoms with Gasteiger partial charge in [0, 0.05) is 6.20 Å². The van der Waals surface area contributed by atoms with Crippen LogP contribution in [0.15, 0.2) is 30.6 Å². The number of nitrogens with zero attached hydrogens (tertiary/aromatic N) is 4. The molecule has 1 N–H and O–H groups in total. The van der Waals surface area contributed by atoms with Crippen molar-refractivity contribution in [2.24, 2.45) is 0 Å². The highest BCUT2D eigenvalue weighted by atomic mass is 16.2. The first-order valence-corrected chi connectivity index (χ1v) is 5.27. The number of nitrogens with one attached hydrogen (secondary N) is 1. The number of pyridine rings is 1. The lowest BCUT2D eigenvalue weighted by molar-refractivity contribution is -0.122. The Labute approximate surface area is 98.7 Å². The molecule has 0 aliphatic rings. The Balaban J connectivity index is 1.85. The number of hydrogen-bond donors (Lipinski definition) is 1. The van der Waals surface area contributed by atoms with Crippen molar-refractivity contribution >= 4 is 5.91 Å². The minimum Gasteiger partial charge on any atom is -0.349 e. The second kappa shape index (κ2) is 5.20. The molecule has 0 radical (unpaired) electrons. The molecular weight excluding hydrogens is 218 g/mol. The Hall–Kier alpha value is -2.24. The fraction of sp³-hybridized carbons (Fsp3) is 0.273. The summed E-state index contributed by atoms with van der Waals surface area (Å²) in [5.74, 6) is -0.107. The van der Waals surface area contributed by atoms with Crippen LogP contribution in [-0.2, 0) is 17.9 Å². The van der Waals surface area contributed by atoms with E-state index in [1.165, 1.54) is 0 Å². The molecule has 0 saturated carbocycles. The maximum absolute atomic E-state index is 11.6. The molecule has 0 saturated heterocycles. The highest BCUT2D eigenvalue weighted by molar-refractivity contribution is 5.75. The third-order valence-electron chi connectivity index (χ3n) is 2.30. The zero-order valence-corrected chi connectivity index (χ0v) is 9.50. The lowest BCUT2D eigenvalue weighted by atomic mass is 10.3. The molecule has 0 aliphatic heterocycles. The molecule has 0 unspecified atom stereocenters. The summed E-state index contributed by atoms with van der Waals surface area (Å²) < 4.78 is 1.55. The summed E-state index contributed by atoms with van der Waals surface area (Å²) >= 11 is 0. The molecule has 2 aromatic rings. The summed E-state index contributed by atoms with van der Waals surface area (Å²) in [7, 11) is 0. The van der Waals surface area contributed by atoms with E-state index in [-0.39, 0.29) is 12.5 Å². The van der Waals surface area contributed by atoms with Gasteiger partial charge in [-0.2, -0.15) is 0 Å². The third-order valence-corrected chi connectivity index (χ3v) is 2.30. The van der Waals surface area contributed by atoms with Gasteiger partial charge in [0.25, 0.3) is 0 Å². The van der Waals surface area contributed by atoms with E-state index in [4.69, 9.17) is 0 Å². The van der Waals surface area contributed by atoms with Crippen LogP contribution in [0.5, 0.6) is 0 Å². The van der Waals surface area contributed by atoms with Gasteiger partial charge in [-0.25, -0.2) is 4.68 Å². The van der Waals surface area contributed by atoms with E-state index in [9.17, 15) is 4.79 Å². The van der Waals surface area contributed by atoms with Crippen LogP contribution in [0.1, 0.15) is 11.4 Å². The van der Waals surface area contributed by atoms with Gasteiger partial charge >= 0.3 is 0 Å². The number of hydrogen-bond acceptors (Lipinski definition) is 4. The van der Waals surface area contributed by atoms with E-state index in [0.29, 0.717) is 6.54 Å². The van der Waals surface area contributed by atoms with Crippen molar-refractivity contribution < 1.29 is 4.79 Å². The minimum absolute atomic E-state index is 0.107. The van der Waals surface area contributed by atoms with Crippen molar-refractivity contribution in [1.29, 1.82) is 0 Å². The largest absolute Gasteiger partial charge is 0.349 e.